The fourth-order valence-electron chi connectivity index (χ4n) is 4.40. The van der Waals surface area contributed by atoms with Crippen molar-refractivity contribution >= 4 is 50.2 Å². The number of rotatable bonds is 6. The predicted octanol–water partition coefficient (Wildman–Crippen LogP) is 3.09. The highest BCUT2D eigenvalue weighted by Gasteiger charge is 2.44. The first-order chi connectivity index (χ1) is 16.4. The molecule has 1 fully saturated rings. The number of aromatic nitrogens is 6. The number of hydrogen-bond acceptors (Lipinski definition) is 9. The maximum Gasteiger partial charge on any atom is 0.228 e. The van der Waals surface area contributed by atoms with Gasteiger partial charge >= 0.3 is 0 Å². The Labute approximate surface area is 208 Å². The molecule has 1 aliphatic rings. The minimum Gasteiger partial charge on any atom is -0.395 e. The van der Waals surface area contributed by atoms with Gasteiger partial charge in [-0.05, 0) is 66.4 Å². The number of fused-ring (bicyclic) bond motifs is 1. The first-order valence-electron chi connectivity index (χ1n) is 10.8. The molecule has 0 radical (unpaired) electrons. The van der Waals surface area contributed by atoms with Crippen LogP contribution < -0.4 is 10.6 Å². The van der Waals surface area contributed by atoms with E-state index in [1.54, 1.807) is 29.3 Å². The van der Waals surface area contributed by atoms with E-state index in [0.717, 1.165) is 33.1 Å². The number of nitrogens with one attached hydrogen (secondary N) is 2. The van der Waals surface area contributed by atoms with Crippen molar-refractivity contribution in [3.63, 3.8) is 0 Å². The van der Waals surface area contributed by atoms with E-state index in [9.17, 15) is 9.90 Å². The highest BCUT2D eigenvalue weighted by Crippen LogP contribution is 2.39. The Kier molecular flexibility index (Phi) is 6.04. The van der Waals surface area contributed by atoms with Gasteiger partial charge in [-0.3, -0.25) is 4.79 Å². The van der Waals surface area contributed by atoms with Crippen molar-refractivity contribution in [1.82, 2.24) is 35.3 Å². The average Bonchev–Trinajstić information content (AvgIpc) is 3.56. The fourth-order valence-corrected chi connectivity index (χ4v) is 5.53. The Hall–Kier alpha value is -2.96. The molecule has 4 aromatic rings. The van der Waals surface area contributed by atoms with Crippen LogP contribution in [0.5, 0.6) is 0 Å². The molecule has 3 N–H and O–H groups in total. The van der Waals surface area contributed by atoms with Gasteiger partial charge in [-0.25, -0.2) is 9.67 Å². The normalized spacial score (nSPS) is 20.1. The molecule has 1 saturated carbocycles. The number of anilines is 1. The minimum atomic E-state index is -0.769. The van der Waals surface area contributed by atoms with E-state index in [0.29, 0.717) is 29.0 Å². The topological polar surface area (TPSA) is 131 Å². The van der Waals surface area contributed by atoms with Crippen LogP contribution in [0.15, 0.2) is 35.1 Å². The zero-order valence-corrected chi connectivity index (χ0v) is 21.0. The third kappa shape index (κ3) is 4.05. The number of amides is 1. The molecule has 0 spiro atoms. The van der Waals surface area contributed by atoms with Crippen molar-refractivity contribution < 1.29 is 9.90 Å². The lowest BCUT2D eigenvalue weighted by Gasteiger charge is -2.24. The van der Waals surface area contributed by atoms with Crippen LogP contribution in [0, 0.1) is 12.3 Å². The summed E-state index contributed by atoms with van der Waals surface area (Å²) in [6.07, 6.45) is 3.58. The SMILES string of the molecule is CNC(=O)[C@]1(CO)CC[C@@H](Nc2ncc3c(Br)nn(-c4ccc(-c5nnc(C)s5)cc4)c3n2)C1. The van der Waals surface area contributed by atoms with Gasteiger partial charge in [0, 0.05) is 24.8 Å². The zero-order chi connectivity index (χ0) is 23.9. The second-order valence-corrected chi connectivity index (χ2v) is 10.3. The number of aryl methyl sites for hydroxylation is 1. The zero-order valence-electron chi connectivity index (χ0n) is 18.6. The summed E-state index contributed by atoms with van der Waals surface area (Å²) >= 11 is 5.06. The van der Waals surface area contributed by atoms with Crippen LogP contribution in [0.2, 0.25) is 0 Å². The maximum absolute atomic E-state index is 12.3. The van der Waals surface area contributed by atoms with Crippen molar-refractivity contribution in [2.45, 2.75) is 32.2 Å². The first kappa shape index (κ1) is 22.8. The largest absolute Gasteiger partial charge is 0.395 e. The number of aliphatic hydroxyl groups excluding tert-OH is 1. The van der Waals surface area contributed by atoms with Crippen molar-refractivity contribution in [3.05, 3.63) is 40.1 Å². The molecule has 10 nitrogen and oxygen atoms in total. The Bertz CT molecular complexity index is 1350. The van der Waals surface area contributed by atoms with Gasteiger partial charge < -0.3 is 15.7 Å². The van der Waals surface area contributed by atoms with E-state index < -0.39 is 5.41 Å². The Balaban J connectivity index is 1.41. The average molecular weight is 543 g/mol. The van der Waals surface area contributed by atoms with E-state index in [-0.39, 0.29) is 18.6 Å². The molecule has 0 unspecified atom stereocenters. The molecule has 0 bridgehead atoms. The predicted molar refractivity (Wildman–Crippen MR) is 133 cm³/mol. The number of carbonyl (C=O) groups excluding carboxylic acids is 1. The fraction of sp³-hybridized carbons (Fsp3) is 0.364. The van der Waals surface area contributed by atoms with Crippen LogP contribution in [0.25, 0.3) is 27.3 Å². The molecule has 0 aliphatic heterocycles. The van der Waals surface area contributed by atoms with Gasteiger partial charge in [0.2, 0.25) is 11.9 Å². The monoisotopic (exact) mass is 542 g/mol. The van der Waals surface area contributed by atoms with Gasteiger partial charge in [0.1, 0.15) is 14.6 Å². The lowest BCUT2D eigenvalue weighted by molar-refractivity contribution is -0.132. The molecule has 3 heterocycles. The summed E-state index contributed by atoms with van der Waals surface area (Å²) in [5, 5.41) is 31.3. The first-order valence-corrected chi connectivity index (χ1v) is 12.5. The summed E-state index contributed by atoms with van der Waals surface area (Å²) in [6.45, 7) is 1.75. The molecule has 1 aliphatic carbocycles. The second kappa shape index (κ2) is 9.01. The second-order valence-electron chi connectivity index (χ2n) is 8.41. The molecular formula is C22H23BrN8O2S. The van der Waals surface area contributed by atoms with Gasteiger partial charge in [-0.15, -0.1) is 10.2 Å². The van der Waals surface area contributed by atoms with Crippen LogP contribution in [0.4, 0.5) is 5.95 Å². The summed E-state index contributed by atoms with van der Waals surface area (Å²) in [5.41, 5.74) is 1.73. The number of aliphatic hydroxyl groups is 1. The maximum atomic E-state index is 12.3. The molecule has 1 amide bonds. The van der Waals surface area contributed by atoms with E-state index in [1.165, 1.54) is 0 Å². The van der Waals surface area contributed by atoms with Crippen molar-refractivity contribution in [1.29, 1.82) is 0 Å². The van der Waals surface area contributed by atoms with Crippen LogP contribution in [-0.2, 0) is 4.79 Å². The van der Waals surface area contributed by atoms with Crippen molar-refractivity contribution in [3.8, 4) is 16.3 Å². The molecule has 5 rings (SSSR count). The van der Waals surface area contributed by atoms with Crippen LogP contribution in [0.1, 0.15) is 24.3 Å². The highest BCUT2D eigenvalue weighted by atomic mass is 79.9. The smallest absolute Gasteiger partial charge is 0.228 e. The number of carbonyl (C=O) groups is 1. The third-order valence-corrected chi connectivity index (χ3v) is 7.69. The van der Waals surface area contributed by atoms with Crippen LogP contribution in [0.3, 0.4) is 0 Å². The number of hydrogen-bond donors (Lipinski definition) is 3. The van der Waals surface area contributed by atoms with Crippen LogP contribution in [-0.4, -0.2) is 60.7 Å². The standard InChI is InChI=1S/C22H23BrN8O2S/c1-12-28-29-19(34-12)13-3-5-15(6-4-13)31-18-16(17(23)30-31)10-25-21(27-18)26-14-7-8-22(9-14,11-32)20(33)24-2/h3-6,10,14,32H,7-9,11H2,1-2H3,(H,24,33)(H,25,26,27)/t14-,22-/m1/s1. The Morgan fingerprint density at radius 2 is 2.12 bits per heavy atom. The molecule has 34 heavy (non-hydrogen) atoms. The molecular weight excluding hydrogens is 520 g/mol. The number of halogens is 1. The number of benzene rings is 1. The summed E-state index contributed by atoms with van der Waals surface area (Å²) < 4.78 is 2.41. The van der Waals surface area contributed by atoms with Crippen molar-refractivity contribution in [2.75, 3.05) is 19.0 Å². The number of nitrogens with zero attached hydrogens (tertiary/aromatic N) is 6. The van der Waals surface area contributed by atoms with E-state index in [4.69, 9.17) is 4.98 Å². The van der Waals surface area contributed by atoms with E-state index >= 15 is 0 Å². The highest BCUT2D eigenvalue weighted by molar-refractivity contribution is 9.10. The Morgan fingerprint density at radius 1 is 1.32 bits per heavy atom. The van der Waals surface area contributed by atoms with Gasteiger partial charge in [-0.2, -0.15) is 10.1 Å². The molecule has 0 saturated heterocycles. The molecule has 3 aromatic heterocycles. The summed E-state index contributed by atoms with van der Waals surface area (Å²) in [4.78, 5) is 21.5. The van der Waals surface area contributed by atoms with E-state index in [1.807, 2.05) is 31.2 Å². The van der Waals surface area contributed by atoms with Gasteiger partial charge in [0.15, 0.2) is 5.65 Å². The van der Waals surface area contributed by atoms with Crippen LogP contribution >= 0.6 is 27.3 Å². The summed E-state index contributed by atoms with van der Waals surface area (Å²) in [7, 11) is 1.60. The van der Waals surface area contributed by atoms with Gasteiger partial charge in [0.25, 0.3) is 0 Å². The molecule has 176 valence electrons. The molecule has 12 heteroatoms. The molecule has 1 aromatic carbocycles. The lowest BCUT2D eigenvalue weighted by atomic mass is 9.86. The summed E-state index contributed by atoms with van der Waals surface area (Å²) in [6, 6.07) is 7.90. The Morgan fingerprint density at radius 3 is 2.79 bits per heavy atom. The minimum absolute atomic E-state index is 0.0173. The lowest BCUT2D eigenvalue weighted by Crippen LogP contribution is -2.41. The summed E-state index contributed by atoms with van der Waals surface area (Å²) in [5.74, 6) is 0.322. The van der Waals surface area contributed by atoms with Crippen molar-refractivity contribution in [2.24, 2.45) is 5.41 Å². The third-order valence-electron chi connectivity index (χ3n) is 6.22. The van der Waals surface area contributed by atoms with E-state index in [2.05, 4.69) is 46.8 Å². The van der Waals surface area contributed by atoms with Gasteiger partial charge in [-0.1, -0.05) is 11.3 Å². The quantitative estimate of drug-likeness (QED) is 0.338. The van der Waals surface area contributed by atoms with Gasteiger partial charge in [0.05, 0.1) is 23.1 Å². The molecule has 2 atom stereocenters.